The zero-order valence-electron chi connectivity index (χ0n) is 11.1. The maximum Gasteiger partial charge on any atom is 0.293 e. The maximum atomic E-state index is 11.2. The average molecular weight is 250 g/mol. The molecule has 1 rings (SSSR count). The third kappa shape index (κ3) is 3.29. The fourth-order valence-corrected chi connectivity index (χ4v) is 1.86. The molecule has 0 saturated carbocycles. The van der Waals surface area contributed by atoms with Crippen molar-refractivity contribution < 1.29 is 9.72 Å². The van der Waals surface area contributed by atoms with Crippen LogP contribution in [0.15, 0.2) is 18.2 Å². The van der Waals surface area contributed by atoms with Crippen molar-refractivity contribution in [1.29, 1.82) is 0 Å². The van der Waals surface area contributed by atoms with E-state index in [-0.39, 0.29) is 11.5 Å². The molecule has 0 saturated heterocycles. The summed E-state index contributed by atoms with van der Waals surface area (Å²) >= 11 is 0. The molecule has 0 heterocycles. The highest BCUT2D eigenvalue weighted by Gasteiger charge is 2.19. The van der Waals surface area contributed by atoms with E-state index in [1.807, 2.05) is 25.8 Å². The highest BCUT2D eigenvalue weighted by Crippen LogP contribution is 2.29. The van der Waals surface area contributed by atoms with E-state index in [4.69, 9.17) is 0 Å². The number of nitro benzene ring substituents is 1. The number of Topliss-reactive ketones (excluding diaryl/α,β-unsaturated/α-hetero) is 1. The number of carbonyl (C=O) groups is 1. The molecule has 0 aromatic heterocycles. The van der Waals surface area contributed by atoms with Crippen molar-refractivity contribution in [1.82, 2.24) is 0 Å². The first-order valence-electron chi connectivity index (χ1n) is 5.83. The summed E-state index contributed by atoms with van der Waals surface area (Å²) in [6.07, 6.45) is 0. The number of nitrogens with zero attached hydrogens (tertiary/aromatic N) is 2. The molecule has 5 nitrogen and oxygen atoms in total. The molecule has 0 aliphatic heterocycles. The summed E-state index contributed by atoms with van der Waals surface area (Å²) in [5.41, 5.74) is 0.882. The molecule has 18 heavy (non-hydrogen) atoms. The summed E-state index contributed by atoms with van der Waals surface area (Å²) in [6.45, 7) is 6.22. The van der Waals surface area contributed by atoms with E-state index in [1.165, 1.54) is 13.0 Å². The fraction of sp³-hybridized carbons (Fsp3) is 0.462. The Kier molecular flexibility index (Phi) is 4.42. The zero-order chi connectivity index (χ0) is 13.9. The number of ketones is 1. The Labute approximate surface area is 107 Å². The highest BCUT2D eigenvalue weighted by atomic mass is 16.6. The maximum absolute atomic E-state index is 11.2. The second kappa shape index (κ2) is 5.62. The van der Waals surface area contributed by atoms with Crippen LogP contribution in [-0.2, 0) is 0 Å². The number of hydrogen-bond acceptors (Lipinski definition) is 4. The van der Waals surface area contributed by atoms with Crippen LogP contribution in [0.4, 0.5) is 11.4 Å². The van der Waals surface area contributed by atoms with Gasteiger partial charge in [0.25, 0.3) is 5.69 Å². The summed E-state index contributed by atoms with van der Waals surface area (Å²) in [4.78, 5) is 23.7. The van der Waals surface area contributed by atoms with E-state index in [9.17, 15) is 14.9 Å². The Morgan fingerprint density at radius 2 is 2.06 bits per heavy atom. The van der Waals surface area contributed by atoms with Crippen molar-refractivity contribution in [2.24, 2.45) is 5.92 Å². The predicted octanol–water partition coefficient (Wildman–Crippen LogP) is 2.89. The van der Waals surface area contributed by atoms with Crippen LogP contribution in [0.5, 0.6) is 0 Å². The summed E-state index contributed by atoms with van der Waals surface area (Å²) in [5.74, 6) is 0.234. The van der Waals surface area contributed by atoms with Crippen LogP contribution in [0.1, 0.15) is 31.1 Å². The lowest BCUT2D eigenvalue weighted by Gasteiger charge is -2.21. The molecule has 0 fully saturated rings. The van der Waals surface area contributed by atoms with Crippen LogP contribution in [-0.4, -0.2) is 24.3 Å². The summed E-state index contributed by atoms with van der Waals surface area (Å²) < 4.78 is 0. The van der Waals surface area contributed by atoms with Gasteiger partial charge in [-0.05, 0) is 25.0 Å². The third-order valence-corrected chi connectivity index (χ3v) is 2.63. The Morgan fingerprint density at radius 3 is 2.50 bits per heavy atom. The second-order valence-electron chi connectivity index (χ2n) is 4.79. The molecular weight excluding hydrogens is 232 g/mol. The van der Waals surface area contributed by atoms with Crippen molar-refractivity contribution in [3.05, 3.63) is 33.9 Å². The first kappa shape index (κ1) is 14.2. The molecule has 0 aliphatic carbocycles. The van der Waals surface area contributed by atoms with Crippen LogP contribution in [0.2, 0.25) is 0 Å². The van der Waals surface area contributed by atoms with Gasteiger partial charge in [0.1, 0.15) is 5.69 Å². The Morgan fingerprint density at radius 1 is 1.44 bits per heavy atom. The Bertz CT molecular complexity index is 469. The lowest BCUT2D eigenvalue weighted by molar-refractivity contribution is -0.384. The molecule has 5 heteroatoms. The van der Waals surface area contributed by atoms with Gasteiger partial charge in [0, 0.05) is 25.2 Å². The van der Waals surface area contributed by atoms with Gasteiger partial charge in [0.2, 0.25) is 0 Å². The van der Waals surface area contributed by atoms with Crippen LogP contribution in [0.3, 0.4) is 0 Å². The predicted molar refractivity (Wildman–Crippen MR) is 71.2 cm³/mol. The summed E-state index contributed by atoms with van der Waals surface area (Å²) in [7, 11) is 1.82. The molecule has 0 amide bonds. The van der Waals surface area contributed by atoms with Crippen LogP contribution in [0.25, 0.3) is 0 Å². The smallest absolute Gasteiger partial charge is 0.293 e. The van der Waals surface area contributed by atoms with E-state index in [0.717, 1.165) is 6.54 Å². The SMILES string of the molecule is CC(=O)c1ccc(N(C)CC(C)C)c([N+](=O)[O-])c1. The van der Waals surface area contributed by atoms with Crippen LogP contribution >= 0.6 is 0 Å². The first-order chi connectivity index (χ1) is 8.32. The number of carbonyl (C=O) groups excluding carboxylic acids is 1. The van der Waals surface area contributed by atoms with Crippen molar-refractivity contribution in [3.63, 3.8) is 0 Å². The van der Waals surface area contributed by atoms with Gasteiger partial charge >= 0.3 is 0 Å². The van der Waals surface area contributed by atoms with Gasteiger partial charge in [-0.15, -0.1) is 0 Å². The average Bonchev–Trinajstić information content (AvgIpc) is 2.26. The highest BCUT2D eigenvalue weighted by molar-refractivity contribution is 5.95. The van der Waals surface area contributed by atoms with Gasteiger partial charge in [-0.2, -0.15) is 0 Å². The van der Waals surface area contributed by atoms with Gasteiger partial charge < -0.3 is 4.90 Å². The molecule has 1 aromatic rings. The van der Waals surface area contributed by atoms with Gasteiger partial charge in [0.05, 0.1) is 4.92 Å². The zero-order valence-corrected chi connectivity index (χ0v) is 11.1. The number of anilines is 1. The third-order valence-electron chi connectivity index (χ3n) is 2.63. The minimum absolute atomic E-state index is 0.0224. The molecule has 0 bridgehead atoms. The lowest BCUT2D eigenvalue weighted by Crippen LogP contribution is -2.23. The lowest BCUT2D eigenvalue weighted by atomic mass is 10.1. The molecule has 1 aromatic carbocycles. The molecule has 0 N–H and O–H groups in total. The fourth-order valence-electron chi connectivity index (χ4n) is 1.86. The normalized spacial score (nSPS) is 10.5. The molecular formula is C13H18N2O3. The first-order valence-corrected chi connectivity index (χ1v) is 5.83. The topological polar surface area (TPSA) is 63.5 Å². The van der Waals surface area contributed by atoms with E-state index in [1.54, 1.807) is 12.1 Å². The van der Waals surface area contributed by atoms with E-state index < -0.39 is 4.92 Å². The standard InChI is InChI=1S/C13H18N2O3/c1-9(2)8-14(4)12-6-5-11(10(3)16)7-13(12)15(17)18/h5-7,9H,8H2,1-4H3. The Hall–Kier alpha value is -1.91. The van der Waals surface area contributed by atoms with Crippen LogP contribution in [0, 0.1) is 16.0 Å². The minimum atomic E-state index is -0.446. The van der Waals surface area contributed by atoms with E-state index in [0.29, 0.717) is 17.2 Å². The van der Waals surface area contributed by atoms with Crippen molar-refractivity contribution in [2.75, 3.05) is 18.5 Å². The molecule has 0 spiro atoms. The van der Waals surface area contributed by atoms with Gasteiger partial charge in [0.15, 0.2) is 5.78 Å². The molecule has 98 valence electrons. The molecule has 0 radical (unpaired) electrons. The molecule has 0 atom stereocenters. The number of rotatable bonds is 5. The number of hydrogen-bond donors (Lipinski definition) is 0. The van der Waals surface area contributed by atoms with Crippen LogP contribution < -0.4 is 4.90 Å². The van der Waals surface area contributed by atoms with Crippen molar-refractivity contribution >= 4 is 17.2 Å². The van der Waals surface area contributed by atoms with Crippen molar-refractivity contribution in [2.45, 2.75) is 20.8 Å². The Balaban J connectivity index is 3.19. The molecule has 0 unspecified atom stereocenters. The second-order valence-corrected chi connectivity index (χ2v) is 4.79. The molecule has 0 aliphatic rings. The van der Waals surface area contributed by atoms with Gasteiger partial charge in [-0.1, -0.05) is 13.8 Å². The summed E-state index contributed by atoms with van der Waals surface area (Å²) in [5, 5.41) is 11.1. The summed E-state index contributed by atoms with van der Waals surface area (Å²) in [6, 6.07) is 4.60. The van der Waals surface area contributed by atoms with Gasteiger partial charge in [-0.25, -0.2) is 0 Å². The number of benzene rings is 1. The van der Waals surface area contributed by atoms with E-state index >= 15 is 0 Å². The van der Waals surface area contributed by atoms with Gasteiger partial charge in [-0.3, -0.25) is 14.9 Å². The monoisotopic (exact) mass is 250 g/mol. The van der Waals surface area contributed by atoms with Crippen molar-refractivity contribution in [3.8, 4) is 0 Å². The largest absolute Gasteiger partial charge is 0.369 e. The van der Waals surface area contributed by atoms with E-state index in [2.05, 4.69) is 0 Å². The number of nitro groups is 1. The quantitative estimate of drug-likeness (QED) is 0.458. The minimum Gasteiger partial charge on any atom is -0.369 e.